The van der Waals surface area contributed by atoms with Crippen LogP contribution in [0.15, 0.2) is 16.6 Å². The summed E-state index contributed by atoms with van der Waals surface area (Å²) in [7, 11) is 0. The molecule has 4 N–H and O–H groups in total. The lowest BCUT2D eigenvalue weighted by atomic mass is 10.0. The van der Waals surface area contributed by atoms with Crippen LogP contribution in [0, 0.1) is 11.6 Å². The van der Waals surface area contributed by atoms with Crippen molar-refractivity contribution in [3.63, 3.8) is 0 Å². The van der Waals surface area contributed by atoms with Crippen molar-refractivity contribution in [3.8, 4) is 0 Å². The normalized spacial score (nSPS) is 12.9. The van der Waals surface area contributed by atoms with Gasteiger partial charge in [0, 0.05) is 16.1 Å². The van der Waals surface area contributed by atoms with Crippen LogP contribution in [0.4, 0.5) is 8.78 Å². The molecule has 0 aromatic heterocycles. The van der Waals surface area contributed by atoms with Gasteiger partial charge in [-0.1, -0.05) is 15.9 Å². The predicted octanol–water partition coefficient (Wildman–Crippen LogP) is 2.08. The van der Waals surface area contributed by atoms with Crippen LogP contribution in [-0.4, -0.2) is 6.54 Å². The van der Waals surface area contributed by atoms with E-state index in [0.29, 0.717) is 17.4 Å². The van der Waals surface area contributed by atoms with Gasteiger partial charge in [0.2, 0.25) is 0 Å². The molecule has 0 unspecified atom stereocenters. The molecule has 0 fully saturated rings. The highest BCUT2D eigenvalue weighted by Gasteiger charge is 2.16. The zero-order chi connectivity index (χ0) is 10.7. The summed E-state index contributed by atoms with van der Waals surface area (Å²) >= 11 is 2.99. The summed E-state index contributed by atoms with van der Waals surface area (Å²) in [6, 6.07) is 1.69. The first-order valence-electron chi connectivity index (χ1n) is 4.16. The second-order valence-electron chi connectivity index (χ2n) is 2.97. The molecule has 14 heavy (non-hydrogen) atoms. The Morgan fingerprint density at radius 1 is 1.29 bits per heavy atom. The van der Waals surface area contributed by atoms with E-state index in [0.717, 1.165) is 0 Å². The average Bonchev–Trinajstić information content (AvgIpc) is 2.01. The van der Waals surface area contributed by atoms with Gasteiger partial charge in [0.05, 0.1) is 0 Å². The van der Waals surface area contributed by atoms with Gasteiger partial charge in [0.25, 0.3) is 0 Å². The number of hydrogen-bond donors (Lipinski definition) is 2. The standard InChI is InChI=1S/C9H11BrF2N2/c10-5-3-6(11)9(7(12)4-5)8(14)1-2-13/h3-4,8H,1-2,13-14H2/t8-/m0/s1. The lowest BCUT2D eigenvalue weighted by molar-refractivity contribution is 0.514. The SMILES string of the molecule is NCC[C@H](N)c1c(F)cc(Br)cc1F. The first kappa shape index (κ1) is 11.6. The first-order valence-corrected chi connectivity index (χ1v) is 4.95. The fourth-order valence-electron chi connectivity index (χ4n) is 1.23. The van der Waals surface area contributed by atoms with E-state index < -0.39 is 17.7 Å². The van der Waals surface area contributed by atoms with E-state index in [1.54, 1.807) is 0 Å². The van der Waals surface area contributed by atoms with E-state index in [2.05, 4.69) is 15.9 Å². The van der Waals surface area contributed by atoms with Crippen molar-refractivity contribution in [2.75, 3.05) is 6.54 Å². The minimum absolute atomic E-state index is 0.0985. The molecule has 0 heterocycles. The van der Waals surface area contributed by atoms with E-state index >= 15 is 0 Å². The molecule has 0 amide bonds. The van der Waals surface area contributed by atoms with Crippen LogP contribution in [0.3, 0.4) is 0 Å². The Morgan fingerprint density at radius 3 is 2.21 bits per heavy atom. The molecule has 0 bridgehead atoms. The van der Waals surface area contributed by atoms with E-state index in [1.807, 2.05) is 0 Å². The van der Waals surface area contributed by atoms with Crippen LogP contribution < -0.4 is 11.5 Å². The lowest BCUT2D eigenvalue weighted by Crippen LogP contribution is -2.18. The van der Waals surface area contributed by atoms with Gasteiger partial charge in [-0.15, -0.1) is 0 Å². The summed E-state index contributed by atoms with van der Waals surface area (Å²) in [4.78, 5) is 0. The van der Waals surface area contributed by atoms with Crippen molar-refractivity contribution in [1.82, 2.24) is 0 Å². The summed E-state index contributed by atoms with van der Waals surface area (Å²) in [6.07, 6.45) is 0.357. The Labute approximate surface area is 89.4 Å². The third-order valence-corrected chi connectivity index (χ3v) is 2.35. The minimum atomic E-state index is -0.687. The Kier molecular flexibility index (Phi) is 3.97. The van der Waals surface area contributed by atoms with Gasteiger partial charge in [-0.3, -0.25) is 0 Å². The topological polar surface area (TPSA) is 52.0 Å². The fourth-order valence-corrected chi connectivity index (χ4v) is 1.63. The van der Waals surface area contributed by atoms with Crippen molar-refractivity contribution in [3.05, 3.63) is 33.8 Å². The molecule has 0 radical (unpaired) electrons. The molecule has 1 rings (SSSR count). The van der Waals surface area contributed by atoms with Gasteiger partial charge < -0.3 is 11.5 Å². The highest BCUT2D eigenvalue weighted by molar-refractivity contribution is 9.10. The van der Waals surface area contributed by atoms with Crippen molar-refractivity contribution in [2.45, 2.75) is 12.5 Å². The molecule has 1 aromatic carbocycles. The van der Waals surface area contributed by atoms with E-state index in [-0.39, 0.29) is 5.56 Å². The van der Waals surface area contributed by atoms with Gasteiger partial charge in [-0.05, 0) is 25.1 Å². The molecule has 1 atom stereocenters. The summed E-state index contributed by atoms with van der Waals surface area (Å²) in [5, 5.41) is 0. The largest absolute Gasteiger partial charge is 0.330 e. The van der Waals surface area contributed by atoms with Crippen molar-refractivity contribution >= 4 is 15.9 Å². The Balaban J connectivity index is 3.07. The first-order chi connectivity index (χ1) is 6.56. The molecule has 78 valence electrons. The van der Waals surface area contributed by atoms with Gasteiger partial charge in [0.1, 0.15) is 11.6 Å². The van der Waals surface area contributed by atoms with Gasteiger partial charge in [-0.2, -0.15) is 0 Å². The number of rotatable bonds is 3. The van der Waals surface area contributed by atoms with E-state index in [9.17, 15) is 8.78 Å². The lowest BCUT2D eigenvalue weighted by Gasteiger charge is -2.12. The molecular weight excluding hydrogens is 254 g/mol. The summed E-state index contributed by atoms with van der Waals surface area (Å²) in [6.45, 7) is 0.302. The molecule has 0 aliphatic heterocycles. The number of benzene rings is 1. The number of halogens is 3. The Hall–Kier alpha value is -0.520. The maximum absolute atomic E-state index is 13.3. The molecule has 5 heteroatoms. The molecule has 1 aromatic rings. The zero-order valence-corrected chi connectivity index (χ0v) is 9.02. The van der Waals surface area contributed by atoms with Crippen molar-refractivity contribution in [1.29, 1.82) is 0 Å². The smallest absolute Gasteiger partial charge is 0.132 e. The predicted molar refractivity (Wildman–Crippen MR) is 54.7 cm³/mol. The Morgan fingerprint density at radius 2 is 1.79 bits per heavy atom. The maximum Gasteiger partial charge on any atom is 0.132 e. The number of hydrogen-bond acceptors (Lipinski definition) is 2. The third-order valence-electron chi connectivity index (χ3n) is 1.89. The second-order valence-corrected chi connectivity index (χ2v) is 3.88. The monoisotopic (exact) mass is 264 g/mol. The van der Waals surface area contributed by atoms with Crippen LogP contribution in [0.1, 0.15) is 18.0 Å². The minimum Gasteiger partial charge on any atom is -0.330 e. The van der Waals surface area contributed by atoms with E-state index in [1.165, 1.54) is 12.1 Å². The summed E-state index contributed by atoms with van der Waals surface area (Å²) in [5.74, 6) is -1.28. The van der Waals surface area contributed by atoms with Gasteiger partial charge in [0.15, 0.2) is 0 Å². The third kappa shape index (κ3) is 2.50. The highest BCUT2D eigenvalue weighted by Crippen LogP contribution is 2.24. The van der Waals surface area contributed by atoms with Gasteiger partial charge in [-0.25, -0.2) is 8.78 Å². The molecular formula is C9H11BrF2N2. The molecule has 2 nitrogen and oxygen atoms in total. The van der Waals surface area contributed by atoms with Crippen molar-refractivity contribution in [2.24, 2.45) is 11.5 Å². The average molecular weight is 265 g/mol. The van der Waals surface area contributed by atoms with Crippen LogP contribution in [0.25, 0.3) is 0 Å². The zero-order valence-electron chi connectivity index (χ0n) is 7.43. The van der Waals surface area contributed by atoms with Crippen LogP contribution in [0.5, 0.6) is 0 Å². The van der Waals surface area contributed by atoms with Crippen LogP contribution >= 0.6 is 15.9 Å². The fraction of sp³-hybridized carbons (Fsp3) is 0.333. The quantitative estimate of drug-likeness (QED) is 0.879. The molecule has 0 saturated heterocycles. The van der Waals surface area contributed by atoms with E-state index in [4.69, 9.17) is 11.5 Å². The molecule has 0 aliphatic carbocycles. The van der Waals surface area contributed by atoms with Crippen molar-refractivity contribution < 1.29 is 8.78 Å². The second kappa shape index (κ2) is 4.82. The molecule has 0 saturated carbocycles. The summed E-state index contributed by atoms with van der Waals surface area (Å²) < 4.78 is 26.9. The van der Waals surface area contributed by atoms with Crippen LogP contribution in [-0.2, 0) is 0 Å². The van der Waals surface area contributed by atoms with Gasteiger partial charge >= 0.3 is 0 Å². The Bertz CT molecular complexity index is 308. The maximum atomic E-state index is 13.3. The summed E-state index contributed by atoms with van der Waals surface area (Å²) in [5.41, 5.74) is 10.7. The molecule has 0 aliphatic rings. The molecule has 0 spiro atoms. The number of nitrogens with two attached hydrogens (primary N) is 2. The van der Waals surface area contributed by atoms with Crippen LogP contribution in [0.2, 0.25) is 0 Å². The highest BCUT2D eigenvalue weighted by atomic mass is 79.9.